The van der Waals surface area contributed by atoms with Gasteiger partial charge in [-0.3, -0.25) is 4.68 Å². The van der Waals surface area contributed by atoms with E-state index in [1.807, 2.05) is 6.92 Å². The highest BCUT2D eigenvalue weighted by Crippen LogP contribution is 2.31. The molecule has 0 aliphatic heterocycles. The van der Waals surface area contributed by atoms with Crippen LogP contribution in [0.2, 0.25) is 0 Å². The van der Waals surface area contributed by atoms with E-state index in [4.69, 9.17) is 0 Å². The van der Waals surface area contributed by atoms with Crippen LogP contribution in [0.4, 0.5) is 0 Å². The maximum atomic E-state index is 12.4. The summed E-state index contributed by atoms with van der Waals surface area (Å²) in [6.07, 6.45) is 1.64. The molecule has 116 valence electrons. The van der Waals surface area contributed by atoms with Crippen LogP contribution in [0.15, 0.2) is 27.0 Å². The van der Waals surface area contributed by atoms with Crippen LogP contribution in [0.3, 0.4) is 0 Å². The number of thiophene rings is 1. The maximum Gasteiger partial charge on any atom is 0.242 e. The third-order valence-corrected chi connectivity index (χ3v) is 6.56. The molecule has 0 atom stereocenters. The number of hydrogen-bond donors (Lipinski definition) is 2. The summed E-state index contributed by atoms with van der Waals surface area (Å²) in [5.41, 5.74) is 0.804. The number of hydrogen-bond acceptors (Lipinski definition) is 5. The summed E-state index contributed by atoms with van der Waals surface area (Å²) in [7, 11) is -1.77. The highest BCUT2D eigenvalue weighted by Gasteiger charge is 2.21. The first-order chi connectivity index (χ1) is 9.94. The molecule has 2 N–H and O–H groups in total. The van der Waals surface area contributed by atoms with Crippen molar-refractivity contribution in [2.45, 2.75) is 24.9 Å². The molecule has 0 fully saturated rings. The first kappa shape index (κ1) is 16.6. The summed E-state index contributed by atoms with van der Waals surface area (Å²) in [6.45, 7) is 3.73. The minimum absolute atomic E-state index is 0.212. The molecule has 0 unspecified atom stereocenters. The molecule has 0 aromatic carbocycles. The summed E-state index contributed by atoms with van der Waals surface area (Å²) >= 11 is 4.76. The van der Waals surface area contributed by atoms with Gasteiger partial charge in [-0.05, 0) is 34.6 Å². The fourth-order valence-corrected chi connectivity index (χ4v) is 5.39. The average molecular weight is 393 g/mol. The lowest BCUT2D eigenvalue weighted by molar-refractivity contribution is 0.577. The highest BCUT2D eigenvalue weighted by atomic mass is 79.9. The smallest absolute Gasteiger partial charge is 0.242 e. The molecule has 2 aromatic rings. The molecule has 0 saturated carbocycles. The Morgan fingerprint density at radius 3 is 2.81 bits per heavy atom. The van der Waals surface area contributed by atoms with E-state index in [1.165, 1.54) is 11.3 Å². The first-order valence-electron chi connectivity index (χ1n) is 6.39. The number of rotatable bonds is 7. The molecule has 2 heterocycles. The number of nitrogens with one attached hydrogen (secondary N) is 2. The van der Waals surface area contributed by atoms with Gasteiger partial charge in [0.2, 0.25) is 10.0 Å². The van der Waals surface area contributed by atoms with Gasteiger partial charge in [-0.25, -0.2) is 13.1 Å². The van der Waals surface area contributed by atoms with Crippen LogP contribution in [-0.4, -0.2) is 24.7 Å². The van der Waals surface area contributed by atoms with Crippen molar-refractivity contribution in [3.05, 3.63) is 32.7 Å². The van der Waals surface area contributed by atoms with Crippen LogP contribution in [0.5, 0.6) is 0 Å². The fraction of sp³-hybridized carbons (Fsp3) is 0.417. The zero-order chi connectivity index (χ0) is 15.5. The van der Waals surface area contributed by atoms with Gasteiger partial charge in [0, 0.05) is 24.7 Å². The van der Waals surface area contributed by atoms with E-state index in [0.717, 1.165) is 17.1 Å². The number of aryl methyl sites for hydroxylation is 1. The number of sulfonamides is 1. The Bertz CT molecular complexity index is 709. The zero-order valence-electron chi connectivity index (χ0n) is 11.8. The molecule has 0 saturated heterocycles. The van der Waals surface area contributed by atoms with Crippen molar-refractivity contribution in [1.29, 1.82) is 0 Å². The van der Waals surface area contributed by atoms with Gasteiger partial charge < -0.3 is 5.32 Å². The van der Waals surface area contributed by atoms with Gasteiger partial charge in [-0.2, -0.15) is 5.10 Å². The second-order valence-corrected chi connectivity index (χ2v) is 8.59. The van der Waals surface area contributed by atoms with Crippen LogP contribution in [-0.2, 0) is 30.2 Å². The van der Waals surface area contributed by atoms with Gasteiger partial charge in [0.25, 0.3) is 0 Å². The molecule has 0 amide bonds. The Morgan fingerprint density at radius 2 is 2.19 bits per heavy atom. The molecule has 0 spiro atoms. The molecule has 2 aromatic heterocycles. The molecule has 0 aliphatic carbocycles. The van der Waals surface area contributed by atoms with Crippen LogP contribution in [0.1, 0.15) is 17.5 Å². The fourth-order valence-electron chi connectivity index (χ4n) is 1.74. The normalized spacial score (nSPS) is 12.0. The quantitative estimate of drug-likeness (QED) is 0.753. The van der Waals surface area contributed by atoms with Crippen molar-refractivity contribution < 1.29 is 8.42 Å². The van der Waals surface area contributed by atoms with Crippen molar-refractivity contribution in [2.24, 2.45) is 7.05 Å². The average Bonchev–Trinajstić information content (AvgIpc) is 3.00. The molecular formula is C12H17BrN4O2S2. The highest BCUT2D eigenvalue weighted by molar-refractivity contribution is 9.11. The summed E-state index contributed by atoms with van der Waals surface area (Å²) < 4.78 is 29.6. The predicted octanol–water partition coefficient (Wildman–Crippen LogP) is 1.83. The second-order valence-electron chi connectivity index (χ2n) is 4.40. The standard InChI is InChI=1S/C12H17BrN4O2S2/c1-3-14-8-10-6-11(12(13)20-10)21(18,19)16-7-9-4-5-15-17(9)2/h4-6,14,16H,3,7-8H2,1-2H3. The monoisotopic (exact) mass is 392 g/mol. The van der Waals surface area contributed by atoms with E-state index >= 15 is 0 Å². The molecular weight excluding hydrogens is 376 g/mol. The minimum Gasteiger partial charge on any atom is -0.312 e. The van der Waals surface area contributed by atoms with Crippen LogP contribution in [0.25, 0.3) is 0 Å². The lowest BCUT2D eigenvalue weighted by Gasteiger charge is -2.06. The van der Waals surface area contributed by atoms with Crippen LogP contribution >= 0.6 is 27.3 Å². The van der Waals surface area contributed by atoms with Gasteiger partial charge in [0.05, 0.1) is 16.0 Å². The third kappa shape index (κ3) is 4.13. The largest absolute Gasteiger partial charge is 0.312 e. The second kappa shape index (κ2) is 7.01. The lowest BCUT2D eigenvalue weighted by atomic mass is 10.4. The summed E-state index contributed by atoms with van der Waals surface area (Å²) in [6, 6.07) is 3.48. The van der Waals surface area contributed by atoms with E-state index in [2.05, 4.69) is 31.1 Å². The maximum absolute atomic E-state index is 12.4. The molecule has 0 radical (unpaired) electrons. The van der Waals surface area contributed by atoms with E-state index < -0.39 is 10.0 Å². The Morgan fingerprint density at radius 1 is 1.43 bits per heavy atom. The molecule has 0 bridgehead atoms. The van der Waals surface area contributed by atoms with Crippen molar-refractivity contribution in [2.75, 3.05) is 6.54 Å². The van der Waals surface area contributed by atoms with Gasteiger partial charge in [0.1, 0.15) is 4.90 Å². The molecule has 6 nitrogen and oxygen atoms in total. The van der Waals surface area contributed by atoms with Gasteiger partial charge in [-0.15, -0.1) is 11.3 Å². The van der Waals surface area contributed by atoms with E-state index in [1.54, 1.807) is 30.1 Å². The first-order valence-corrected chi connectivity index (χ1v) is 9.48. The number of aromatic nitrogens is 2. The summed E-state index contributed by atoms with van der Waals surface area (Å²) in [4.78, 5) is 1.26. The predicted molar refractivity (Wildman–Crippen MR) is 86.6 cm³/mol. The Labute approximate surface area is 136 Å². The molecule has 21 heavy (non-hydrogen) atoms. The molecule has 2 rings (SSSR count). The summed E-state index contributed by atoms with van der Waals surface area (Å²) in [5.74, 6) is 0. The minimum atomic E-state index is -3.54. The van der Waals surface area contributed by atoms with Crippen molar-refractivity contribution in [3.63, 3.8) is 0 Å². The third-order valence-electron chi connectivity index (χ3n) is 2.91. The van der Waals surface area contributed by atoms with Crippen molar-refractivity contribution in [1.82, 2.24) is 19.8 Å². The Kier molecular flexibility index (Phi) is 5.55. The van der Waals surface area contributed by atoms with E-state index in [9.17, 15) is 8.42 Å². The van der Waals surface area contributed by atoms with Gasteiger partial charge >= 0.3 is 0 Å². The van der Waals surface area contributed by atoms with Crippen LogP contribution < -0.4 is 10.0 Å². The Hall–Kier alpha value is -0.740. The van der Waals surface area contributed by atoms with Gasteiger partial charge in [-0.1, -0.05) is 6.92 Å². The van der Waals surface area contributed by atoms with Gasteiger partial charge in [0.15, 0.2) is 0 Å². The zero-order valence-corrected chi connectivity index (χ0v) is 15.0. The molecule has 0 aliphatic rings. The number of halogens is 1. The summed E-state index contributed by atoms with van der Waals surface area (Å²) in [5, 5.41) is 7.19. The molecule has 9 heteroatoms. The van der Waals surface area contributed by atoms with Crippen molar-refractivity contribution >= 4 is 37.3 Å². The topological polar surface area (TPSA) is 76.0 Å². The SMILES string of the molecule is CCNCc1cc(S(=O)(=O)NCc2ccnn2C)c(Br)s1. The van der Waals surface area contributed by atoms with Crippen molar-refractivity contribution in [3.8, 4) is 0 Å². The lowest BCUT2D eigenvalue weighted by Crippen LogP contribution is -2.24. The van der Waals surface area contributed by atoms with E-state index in [0.29, 0.717) is 10.3 Å². The Balaban J connectivity index is 2.12. The van der Waals surface area contributed by atoms with Crippen LogP contribution in [0, 0.1) is 0 Å². The van der Waals surface area contributed by atoms with E-state index in [-0.39, 0.29) is 11.4 Å². The number of nitrogens with zero attached hydrogens (tertiary/aromatic N) is 2.